The van der Waals surface area contributed by atoms with Crippen LogP contribution in [0.4, 0.5) is 0 Å². The second-order valence-corrected chi connectivity index (χ2v) is 7.83. The van der Waals surface area contributed by atoms with Crippen molar-refractivity contribution in [2.45, 2.75) is 24.9 Å². The number of likely N-dealkylation sites (tertiary alicyclic amines) is 1. The van der Waals surface area contributed by atoms with Crippen molar-refractivity contribution in [3.63, 3.8) is 0 Å². The van der Waals surface area contributed by atoms with Crippen LogP contribution < -0.4 is 4.90 Å². The van der Waals surface area contributed by atoms with E-state index in [1.807, 2.05) is 60.7 Å². The van der Waals surface area contributed by atoms with E-state index in [-0.39, 0.29) is 0 Å². The van der Waals surface area contributed by atoms with Gasteiger partial charge in [0.15, 0.2) is 0 Å². The molecule has 146 valence electrons. The van der Waals surface area contributed by atoms with Crippen LogP contribution in [0, 0.1) is 11.8 Å². The van der Waals surface area contributed by atoms with Gasteiger partial charge in [0.2, 0.25) is 0 Å². The molecule has 1 heterocycles. The standard InChI is InChI=1S/C27H27NO/c29-27(25-13-5-2-6-14-25,19-7-8-20-28-21-9-10-22-28)26-17-15-24(16-18-26)23-11-3-1-4-12-23/h1-6,11-18,29H,9-10,19-22H2/p+1/t27-/m0/s1. The molecular weight excluding hydrogens is 354 g/mol. The van der Waals surface area contributed by atoms with E-state index in [1.54, 1.807) is 4.90 Å². The molecule has 0 unspecified atom stereocenters. The highest BCUT2D eigenvalue weighted by molar-refractivity contribution is 5.64. The van der Waals surface area contributed by atoms with E-state index in [4.69, 9.17) is 0 Å². The van der Waals surface area contributed by atoms with Gasteiger partial charge in [-0.1, -0.05) is 90.8 Å². The molecule has 3 aromatic rings. The van der Waals surface area contributed by atoms with E-state index in [2.05, 4.69) is 36.1 Å². The van der Waals surface area contributed by atoms with Crippen molar-refractivity contribution in [1.29, 1.82) is 0 Å². The first kappa shape index (κ1) is 19.5. The van der Waals surface area contributed by atoms with Crippen LogP contribution in [0.5, 0.6) is 0 Å². The first-order valence-corrected chi connectivity index (χ1v) is 10.5. The Morgan fingerprint density at radius 3 is 1.90 bits per heavy atom. The number of rotatable bonds is 5. The second-order valence-electron chi connectivity index (χ2n) is 7.83. The molecule has 0 aromatic heterocycles. The van der Waals surface area contributed by atoms with E-state index >= 15 is 0 Å². The molecule has 2 nitrogen and oxygen atoms in total. The fourth-order valence-corrected chi connectivity index (χ4v) is 4.08. The zero-order chi connectivity index (χ0) is 19.9. The fourth-order valence-electron chi connectivity index (χ4n) is 4.08. The van der Waals surface area contributed by atoms with Crippen LogP contribution in [-0.4, -0.2) is 24.7 Å². The summed E-state index contributed by atoms with van der Waals surface area (Å²) in [6.45, 7) is 3.31. The van der Waals surface area contributed by atoms with E-state index in [0.717, 1.165) is 23.2 Å². The molecule has 1 atom stereocenters. The van der Waals surface area contributed by atoms with Crippen molar-refractivity contribution in [3.8, 4) is 23.0 Å². The Morgan fingerprint density at radius 2 is 1.24 bits per heavy atom. The first-order chi connectivity index (χ1) is 14.3. The molecule has 2 heteroatoms. The van der Waals surface area contributed by atoms with Gasteiger partial charge in [-0.05, 0) is 28.2 Å². The molecule has 1 fully saturated rings. The zero-order valence-corrected chi connectivity index (χ0v) is 16.8. The molecule has 3 aromatic carbocycles. The quantitative estimate of drug-likeness (QED) is 0.647. The average Bonchev–Trinajstić information content (AvgIpc) is 3.31. The lowest BCUT2D eigenvalue weighted by atomic mass is 9.83. The third-order valence-corrected chi connectivity index (χ3v) is 5.84. The highest BCUT2D eigenvalue weighted by Gasteiger charge is 2.30. The maximum Gasteiger partial charge on any atom is 0.139 e. The largest absolute Gasteiger partial charge is 0.379 e. The highest BCUT2D eigenvalue weighted by Crippen LogP contribution is 2.34. The normalized spacial score (nSPS) is 16.0. The molecule has 1 aliphatic heterocycles. The Bertz CT molecular complexity index is 964. The van der Waals surface area contributed by atoms with Gasteiger partial charge in [-0.2, -0.15) is 0 Å². The van der Waals surface area contributed by atoms with Crippen LogP contribution >= 0.6 is 0 Å². The highest BCUT2D eigenvalue weighted by atomic mass is 16.3. The van der Waals surface area contributed by atoms with Gasteiger partial charge in [-0.25, -0.2) is 0 Å². The summed E-state index contributed by atoms with van der Waals surface area (Å²) >= 11 is 0. The van der Waals surface area contributed by atoms with Gasteiger partial charge >= 0.3 is 0 Å². The van der Waals surface area contributed by atoms with Crippen molar-refractivity contribution in [1.82, 2.24) is 0 Å². The molecular formula is C27H28NO+. The molecule has 1 saturated heterocycles. The summed E-state index contributed by atoms with van der Waals surface area (Å²) < 4.78 is 0. The number of aliphatic hydroxyl groups is 1. The van der Waals surface area contributed by atoms with Crippen LogP contribution in [0.3, 0.4) is 0 Å². The summed E-state index contributed by atoms with van der Waals surface area (Å²) in [5.41, 5.74) is 2.98. The van der Waals surface area contributed by atoms with Crippen molar-refractivity contribution >= 4 is 0 Å². The van der Waals surface area contributed by atoms with Gasteiger partial charge < -0.3 is 10.0 Å². The van der Waals surface area contributed by atoms with Gasteiger partial charge in [0.1, 0.15) is 12.1 Å². The average molecular weight is 383 g/mol. The molecule has 0 aliphatic carbocycles. The van der Waals surface area contributed by atoms with Crippen LogP contribution in [0.15, 0.2) is 84.9 Å². The summed E-state index contributed by atoms with van der Waals surface area (Å²) in [5.74, 6) is 6.59. The molecule has 0 radical (unpaired) electrons. The number of benzene rings is 3. The van der Waals surface area contributed by atoms with E-state index in [0.29, 0.717) is 6.42 Å². The summed E-state index contributed by atoms with van der Waals surface area (Å²) in [6.07, 6.45) is 3.01. The predicted molar refractivity (Wildman–Crippen MR) is 119 cm³/mol. The zero-order valence-electron chi connectivity index (χ0n) is 16.8. The van der Waals surface area contributed by atoms with Crippen molar-refractivity contribution in [2.75, 3.05) is 19.6 Å². The Labute approximate surface area is 173 Å². The van der Waals surface area contributed by atoms with E-state index in [1.165, 1.54) is 31.5 Å². The summed E-state index contributed by atoms with van der Waals surface area (Å²) in [5, 5.41) is 11.7. The Kier molecular flexibility index (Phi) is 6.10. The van der Waals surface area contributed by atoms with Crippen LogP contribution in [-0.2, 0) is 5.60 Å². The minimum atomic E-state index is -1.11. The lowest BCUT2D eigenvalue weighted by molar-refractivity contribution is -0.879. The number of nitrogens with one attached hydrogen (secondary N) is 1. The van der Waals surface area contributed by atoms with Gasteiger partial charge in [-0.3, -0.25) is 0 Å². The molecule has 1 aliphatic rings. The number of hydrogen-bond donors (Lipinski definition) is 2. The summed E-state index contributed by atoms with van der Waals surface area (Å²) in [6, 6.07) is 28.4. The van der Waals surface area contributed by atoms with Crippen molar-refractivity contribution in [3.05, 3.63) is 96.1 Å². The maximum absolute atomic E-state index is 11.7. The van der Waals surface area contributed by atoms with Crippen molar-refractivity contribution < 1.29 is 10.0 Å². The topological polar surface area (TPSA) is 24.7 Å². The molecule has 2 N–H and O–H groups in total. The van der Waals surface area contributed by atoms with Gasteiger partial charge in [0.05, 0.1) is 13.1 Å². The molecule has 0 saturated carbocycles. The van der Waals surface area contributed by atoms with E-state index in [9.17, 15) is 5.11 Å². The Balaban J connectivity index is 1.59. The summed E-state index contributed by atoms with van der Waals surface area (Å²) in [7, 11) is 0. The molecule has 0 spiro atoms. The fraction of sp³-hybridized carbons (Fsp3) is 0.259. The minimum Gasteiger partial charge on any atom is -0.379 e. The van der Waals surface area contributed by atoms with Gasteiger partial charge in [0.25, 0.3) is 0 Å². The summed E-state index contributed by atoms with van der Waals surface area (Å²) in [4.78, 5) is 1.56. The van der Waals surface area contributed by atoms with E-state index < -0.39 is 5.60 Å². The van der Waals surface area contributed by atoms with Gasteiger partial charge in [0, 0.05) is 19.3 Å². The Hall–Kier alpha value is -2.86. The lowest BCUT2D eigenvalue weighted by Crippen LogP contribution is -3.09. The lowest BCUT2D eigenvalue weighted by Gasteiger charge is -2.27. The number of quaternary nitrogens is 1. The monoisotopic (exact) mass is 382 g/mol. The Morgan fingerprint density at radius 1 is 0.690 bits per heavy atom. The van der Waals surface area contributed by atoms with Crippen LogP contribution in [0.25, 0.3) is 11.1 Å². The molecule has 4 rings (SSSR count). The van der Waals surface area contributed by atoms with Crippen molar-refractivity contribution in [2.24, 2.45) is 0 Å². The maximum atomic E-state index is 11.7. The third-order valence-electron chi connectivity index (χ3n) is 5.84. The second kappa shape index (κ2) is 9.09. The third kappa shape index (κ3) is 4.59. The minimum absolute atomic E-state index is 0.398. The molecule has 0 bridgehead atoms. The predicted octanol–water partition coefficient (Wildman–Crippen LogP) is 3.66. The number of hydrogen-bond acceptors (Lipinski definition) is 1. The van der Waals surface area contributed by atoms with Crippen LogP contribution in [0.1, 0.15) is 30.4 Å². The first-order valence-electron chi connectivity index (χ1n) is 10.5. The van der Waals surface area contributed by atoms with Crippen LogP contribution in [0.2, 0.25) is 0 Å². The molecule has 0 amide bonds. The smallest absolute Gasteiger partial charge is 0.139 e. The SMILES string of the molecule is O[C@@](CC#CC[NH+]1CCCC1)(c1ccccc1)c1ccc(-c2ccccc2)cc1. The molecule has 29 heavy (non-hydrogen) atoms. The van der Waals surface area contributed by atoms with Gasteiger partial charge in [-0.15, -0.1) is 0 Å².